The van der Waals surface area contributed by atoms with Crippen molar-refractivity contribution >= 4 is 33.4 Å². The number of carboxylic acids is 1. The third-order valence-electron chi connectivity index (χ3n) is 3.31. The Labute approximate surface area is 117 Å². The number of halogens is 1. The van der Waals surface area contributed by atoms with Crippen LogP contribution in [0.15, 0.2) is 16.7 Å². The van der Waals surface area contributed by atoms with Crippen LogP contribution < -0.4 is 4.90 Å². The Morgan fingerprint density at radius 3 is 2.84 bits per heavy atom. The van der Waals surface area contributed by atoms with Crippen LogP contribution in [-0.4, -0.2) is 34.1 Å². The van der Waals surface area contributed by atoms with Gasteiger partial charge in [-0.05, 0) is 29.3 Å². The maximum absolute atomic E-state index is 11.2. The van der Waals surface area contributed by atoms with Crippen molar-refractivity contribution in [3.8, 4) is 0 Å². The van der Waals surface area contributed by atoms with Crippen molar-refractivity contribution in [1.82, 2.24) is 4.98 Å². The number of carbonyl (C=O) groups is 1. The smallest absolute Gasteiger partial charge is 0.311 e. The molecule has 19 heavy (non-hydrogen) atoms. The van der Waals surface area contributed by atoms with Gasteiger partial charge in [0.15, 0.2) is 0 Å². The van der Waals surface area contributed by atoms with Gasteiger partial charge in [-0.2, -0.15) is 0 Å². The van der Waals surface area contributed by atoms with E-state index >= 15 is 0 Å². The van der Waals surface area contributed by atoms with Gasteiger partial charge in [0, 0.05) is 19.2 Å². The topological polar surface area (TPSA) is 96.6 Å². The van der Waals surface area contributed by atoms with Crippen molar-refractivity contribution in [3.05, 3.63) is 26.9 Å². The minimum absolute atomic E-state index is 0.101. The Bertz CT molecular complexity index is 551. The number of anilines is 1. The monoisotopic (exact) mass is 329 g/mol. The first-order valence-electron chi connectivity index (χ1n) is 5.62. The van der Waals surface area contributed by atoms with Crippen LogP contribution in [0.25, 0.3) is 0 Å². The molecule has 0 aliphatic carbocycles. The Balaban J connectivity index is 2.25. The lowest BCUT2D eigenvalue weighted by atomic mass is 9.90. The van der Waals surface area contributed by atoms with E-state index in [1.807, 2.05) is 4.90 Å². The number of nitrogens with zero attached hydrogens (tertiary/aromatic N) is 3. The molecule has 0 amide bonds. The minimum atomic E-state index is -0.840. The van der Waals surface area contributed by atoms with Gasteiger partial charge in [-0.25, -0.2) is 4.98 Å². The van der Waals surface area contributed by atoms with Crippen molar-refractivity contribution in [1.29, 1.82) is 0 Å². The van der Waals surface area contributed by atoms with Crippen LogP contribution in [0.1, 0.15) is 13.3 Å². The van der Waals surface area contributed by atoms with E-state index in [9.17, 15) is 20.0 Å². The highest BCUT2D eigenvalue weighted by Gasteiger charge is 2.41. The van der Waals surface area contributed by atoms with Crippen LogP contribution in [0.2, 0.25) is 0 Å². The molecule has 1 N–H and O–H groups in total. The number of rotatable bonds is 3. The molecule has 1 aromatic rings. The van der Waals surface area contributed by atoms with Crippen LogP contribution >= 0.6 is 15.9 Å². The second-order valence-corrected chi connectivity index (χ2v) is 5.65. The molecule has 7 nitrogen and oxygen atoms in total. The SMILES string of the molecule is CC1(C(=O)O)CCN(c2ncc([N+](=O)[O-])cc2Br)C1. The van der Waals surface area contributed by atoms with Gasteiger partial charge in [-0.3, -0.25) is 14.9 Å². The van der Waals surface area contributed by atoms with Gasteiger partial charge in [0.1, 0.15) is 12.0 Å². The van der Waals surface area contributed by atoms with E-state index in [-0.39, 0.29) is 5.69 Å². The number of nitro groups is 1. The molecule has 0 bridgehead atoms. The van der Waals surface area contributed by atoms with Gasteiger partial charge in [-0.15, -0.1) is 0 Å². The number of carboxylic acid groups (broad SMARTS) is 1. The summed E-state index contributed by atoms with van der Waals surface area (Å²) < 4.78 is 0.497. The van der Waals surface area contributed by atoms with Crippen molar-refractivity contribution in [2.45, 2.75) is 13.3 Å². The van der Waals surface area contributed by atoms with Crippen molar-refractivity contribution in [2.24, 2.45) is 5.41 Å². The Hall–Kier alpha value is -1.70. The van der Waals surface area contributed by atoms with Crippen molar-refractivity contribution in [3.63, 3.8) is 0 Å². The fourth-order valence-corrected chi connectivity index (χ4v) is 2.66. The minimum Gasteiger partial charge on any atom is -0.481 e. The molecule has 0 saturated carbocycles. The van der Waals surface area contributed by atoms with E-state index in [1.165, 1.54) is 12.3 Å². The molecule has 1 aliphatic rings. The Kier molecular flexibility index (Phi) is 3.44. The van der Waals surface area contributed by atoms with Crippen LogP contribution in [0.5, 0.6) is 0 Å². The third kappa shape index (κ3) is 2.53. The summed E-state index contributed by atoms with van der Waals surface area (Å²) in [4.78, 5) is 27.2. The number of pyridine rings is 1. The van der Waals surface area contributed by atoms with E-state index in [0.29, 0.717) is 29.8 Å². The fraction of sp³-hybridized carbons (Fsp3) is 0.455. The maximum Gasteiger partial charge on any atom is 0.311 e. The number of hydrogen-bond acceptors (Lipinski definition) is 5. The molecule has 1 aliphatic heterocycles. The standard InChI is InChI=1S/C11H12BrN3O4/c1-11(10(16)17)2-3-14(6-11)9-8(12)4-7(5-13-9)15(18)19/h4-5H,2-3,6H2,1H3,(H,16,17). The molecule has 1 aromatic heterocycles. The average molecular weight is 330 g/mol. The third-order valence-corrected chi connectivity index (χ3v) is 3.89. The second-order valence-electron chi connectivity index (χ2n) is 4.79. The molecule has 0 spiro atoms. The first-order valence-corrected chi connectivity index (χ1v) is 6.41. The lowest BCUT2D eigenvalue weighted by Crippen LogP contribution is -2.32. The van der Waals surface area contributed by atoms with Gasteiger partial charge in [0.05, 0.1) is 14.8 Å². The molecule has 0 radical (unpaired) electrons. The van der Waals surface area contributed by atoms with Gasteiger partial charge in [0.2, 0.25) is 0 Å². The van der Waals surface area contributed by atoms with Gasteiger partial charge < -0.3 is 10.0 Å². The quantitative estimate of drug-likeness (QED) is 0.673. The number of hydrogen-bond donors (Lipinski definition) is 1. The normalized spacial score (nSPS) is 22.5. The lowest BCUT2D eigenvalue weighted by molar-refractivity contribution is -0.385. The molecule has 1 unspecified atom stereocenters. The number of aliphatic carboxylic acids is 1. The van der Waals surface area contributed by atoms with E-state index in [1.54, 1.807) is 6.92 Å². The summed E-state index contributed by atoms with van der Waals surface area (Å²) in [5.41, 5.74) is -0.904. The predicted octanol–water partition coefficient (Wildman–Crippen LogP) is 2.05. The highest BCUT2D eigenvalue weighted by molar-refractivity contribution is 9.10. The Morgan fingerprint density at radius 2 is 2.37 bits per heavy atom. The second kappa shape index (κ2) is 4.76. The summed E-state index contributed by atoms with van der Waals surface area (Å²) in [7, 11) is 0. The molecule has 2 rings (SSSR count). The molecule has 8 heteroatoms. The zero-order chi connectivity index (χ0) is 14.2. The van der Waals surface area contributed by atoms with Crippen LogP contribution in [0.4, 0.5) is 11.5 Å². The predicted molar refractivity (Wildman–Crippen MR) is 71.2 cm³/mol. The van der Waals surface area contributed by atoms with Crippen molar-refractivity contribution in [2.75, 3.05) is 18.0 Å². The van der Waals surface area contributed by atoms with Gasteiger partial charge >= 0.3 is 5.97 Å². The van der Waals surface area contributed by atoms with Crippen LogP contribution in [0.3, 0.4) is 0 Å². The van der Waals surface area contributed by atoms with E-state index < -0.39 is 16.3 Å². The molecule has 0 aromatic carbocycles. The van der Waals surface area contributed by atoms with E-state index in [0.717, 1.165) is 0 Å². The fourth-order valence-electron chi connectivity index (χ4n) is 2.07. The highest BCUT2D eigenvalue weighted by Crippen LogP contribution is 2.36. The average Bonchev–Trinajstić information content (AvgIpc) is 2.73. The summed E-state index contributed by atoms with van der Waals surface area (Å²) >= 11 is 3.24. The largest absolute Gasteiger partial charge is 0.481 e. The Morgan fingerprint density at radius 1 is 1.68 bits per heavy atom. The van der Waals surface area contributed by atoms with Crippen LogP contribution in [-0.2, 0) is 4.79 Å². The summed E-state index contributed by atoms with van der Waals surface area (Å²) in [6.07, 6.45) is 1.70. The molecule has 1 atom stereocenters. The lowest BCUT2D eigenvalue weighted by Gasteiger charge is -2.21. The first kappa shape index (κ1) is 13.7. The highest BCUT2D eigenvalue weighted by atomic mass is 79.9. The summed E-state index contributed by atoms with van der Waals surface area (Å²) in [5.74, 6) is -0.302. The summed E-state index contributed by atoms with van der Waals surface area (Å²) in [5, 5.41) is 19.8. The van der Waals surface area contributed by atoms with Gasteiger partial charge in [-0.1, -0.05) is 0 Å². The number of aromatic nitrogens is 1. The van der Waals surface area contributed by atoms with Gasteiger partial charge in [0.25, 0.3) is 5.69 Å². The molecular weight excluding hydrogens is 318 g/mol. The molecule has 2 heterocycles. The molecule has 1 fully saturated rings. The maximum atomic E-state index is 11.2. The first-order chi connectivity index (χ1) is 8.83. The zero-order valence-corrected chi connectivity index (χ0v) is 11.8. The summed E-state index contributed by atoms with van der Waals surface area (Å²) in [6.45, 7) is 2.59. The molecule has 1 saturated heterocycles. The van der Waals surface area contributed by atoms with Crippen molar-refractivity contribution < 1.29 is 14.8 Å². The van der Waals surface area contributed by atoms with Crippen LogP contribution in [0, 0.1) is 15.5 Å². The van der Waals surface area contributed by atoms with E-state index in [2.05, 4.69) is 20.9 Å². The van der Waals surface area contributed by atoms with E-state index in [4.69, 9.17) is 0 Å². The molecular formula is C11H12BrN3O4. The molecule has 102 valence electrons. The zero-order valence-electron chi connectivity index (χ0n) is 10.2. The summed E-state index contributed by atoms with van der Waals surface area (Å²) in [6, 6.07) is 1.37.